The van der Waals surface area contributed by atoms with Crippen molar-refractivity contribution in [3.8, 4) is 0 Å². The number of carbonyl (C=O) groups excluding carboxylic acids is 1. The minimum Gasteiger partial charge on any atom is -0.395 e. The number of amides is 1. The largest absolute Gasteiger partial charge is 0.395 e. The van der Waals surface area contributed by atoms with E-state index in [1.54, 1.807) is 16.2 Å². The third-order valence-corrected chi connectivity index (χ3v) is 5.68. The van der Waals surface area contributed by atoms with E-state index >= 15 is 0 Å². The molecule has 3 rings (SSSR count). The first kappa shape index (κ1) is 16.9. The van der Waals surface area contributed by atoms with Crippen molar-refractivity contribution in [2.75, 3.05) is 49.5 Å². The Hall–Kier alpha value is -1.93. The summed E-state index contributed by atoms with van der Waals surface area (Å²) in [4.78, 5) is 26.5. The van der Waals surface area contributed by atoms with E-state index < -0.39 is 0 Å². The molecule has 7 nitrogen and oxygen atoms in total. The Morgan fingerprint density at radius 3 is 2.67 bits per heavy atom. The van der Waals surface area contributed by atoms with Gasteiger partial charge in [-0.3, -0.25) is 4.79 Å². The molecule has 24 heavy (non-hydrogen) atoms. The first-order valence-electron chi connectivity index (χ1n) is 8.27. The lowest BCUT2D eigenvalue weighted by molar-refractivity contribution is -0.118. The number of aromatic nitrogens is 2. The van der Waals surface area contributed by atoms with Crippen LogP contribution in [0.1, 0.15) is 17.4 Å². The van der Waals surface area contributed by atoms with Gasteiger partial charge < -0.3 is 20.2 Å². The number of aryl methyl sites for hydroxylation is 2. The van der Waals surface area contributed by atoms with Gasteiger partial charge in [-0.2, -0.15) is 4.98 Å². The molecule has 8 heteroatoms. The zero-order valence-electron chi connectivity index (χ0n) is 14.1. The molecule has 2 aromatic rings. The average molecular weight is 349 g/mol. The Kier molecular flexibility index (Phi) is 5.15. The van der Waals surface area contributed by atoms with Crippen LogP contribution >= 0.6 is 11.3 Å². The smallest absolute Gasteiger partial charge is 0.228 e. The van der Waals surface area contributed by atoms with Gasteiger partial charge in [0, 0.05) is 37.6 Å². The number of nitrogens with one attached hydrogen (secondary N) is 1. The first-order chi connectivity index (χ1) is 11.7. The van der Waals surface area contributed by atoms with Crippen molar-refractivity contribution in [3.05, 3.63) is 10.4 Å². The van der Waals surface area contributed by atoms with Gasteiger partial charge >= 0.3 is 0 Å². The fourth-order valence-electron chi connectivity index (χ4n) is 2.98. The van der Waals surface area contributed by atoms with Crippen LogP contribution in [0.4, 0.5) is 11.8 Å². The summed E-state index contributed by atoms with van der Waals surface area (Å²) in [7, 11) is 0. The van der Waals surface area contributed by atoms with Gasteiger partial charge in [0.1, 0.15) is 10.6 Å². The number of rotatable bonds is 6. The quantitative estimate of drug-likeness (QED) is 0.764. The molecule has 2 aromatic heterocycles. The number of anilines is 2. The van der Waals surface area contributed by atoms with Gasteiger partial charge in [0.2, 0.25) is 12.4 Å². The second-order valence-electron chi connectivity index (χ2n) is 5.83. The minimum atomic E-state index is 0.0582. The van der Waals surface area contributed by atoms with E-state index in [1.807, 2.05) is 0 Å². The predicted octanol–water partition coefficient (Wildman–Crippen LogP) is 1.24. The van der Waals surface area contributed by atoms with Gasteiger partial charge in [0.25, 0.3) is 0 Å². The molecule has 0 spiro atoms. The summed E-state index contributed by atoms with van der Waals surface area (Å²) < 4.78 is 0. The Morgan fingerprint density at radius 2 is 2.04 bits per heavy atom. The fraction of sp³-hybridized carbons (Fsp3) is 0.562. The summed E-state index contributed by atoms with van der Waals surface area (Å²) in [6.45, 7) is 7.61. The highest BCUT2D eigenvalue weighted by atomic mass is 32.1. The van der Waals surface area contributed by atoms with Gasteiger partial charge in [0.15, 0.2) is 0 Å². The third-order valence-electron chi connectivity index (χ3n) is 4.35. The van der Waals surface area contributed by atoms with Crippen molar-refractivity contribution in [3.63, 3.8) is 0 Å². The number of thiophene rings is 1. The molecule has 0 saturated carbocycles. The molecule has 1 aliphatic rings. The van der Waals surface area contributed by atoms with E-state index in [0.717, 1.165) is 42.0 Å². The van der Waals surface area contributed by atoms with Crippen LogP contribution in [0.15, 0.2) is 0 Å². The van der Waals surface area contributed by atoms with Crippen LogP contribution in [0.25, 0.3) is 10.2 Å². The SMILES string of the molecule is CCc1sc2nc(N3CCN(C=O)CC3)nc(NCCO)c2c1C. The standard InChI is InChI=1S/C16H23N5O2S/c1-3-12-11(2)13-14(17-4-9-22)18-16(19-15(13)24-12)21-7-5-20(10-23)6-8-21/h10,22H,3-9H2,1-2H3,(H,17,18,19). The maximum absolute atomic E-state index is 10.9. The lowest BCUT2D eigenvalue weighted by Crippen LogP contribution is -2.46. The Labute approximate surface area is 145 Å². The van der Waals surface area contributed by atoms with Crippen molar-refractivity contribution in [2.24, 2.45) is 0 Å². The molecule has 1 fully saturated rings. The second-order valence-corrected chi connectivity index (χ2v) is 6.92. The minimum absolute atomic E-state index is 0.0582. The summed E-state index contributed by atoms with van der Waals surface area (Å²) in [6, 6.07) is 0. The van der Waals surface area contributed by atoms with E-state index in [9.17, 15) is 4.79 Å². The molecule has 3 heterocycles. The highest BCUT2D eigenvalue weighted by Gasteiger charge is 2.21. The number of fused-ring (bicyclic) bond motifs is 1. The Balaban J connectivity index is 1.98. The van der Waals surface area contributed by atoms with Crippen LogP contribution in [-0.2, 0) is 11.2 Å². The van der Waals surface area contributed by atoms with E-state index in [-0.39, 0.29) is 6.61 Å². The molecule has 0 aromatic carbocycles. The number of carbonyl (C=O) groups is 1. The maximum Gasteiger partial charge on any atom is 0.228 e. The molecule has 0 aliphatic carbocycles. The molecule has 1 amide bonds. The number of aliphatic hydroxyl groups excluding tert-OH is 1. The molecule has 0 radical (unpaired) electrons. The first-order valence-corrected chi connectivity index (χ1v) is 9.08. The molecule has 130 valence electrons. The normalized spacial score (nSPS) is 15.1. The van der Waals surface area contributed by atoms with Crippen LogP contribution in [0.5, 0.6) is 0 Å². The maximum atomic E-state index is 10.9. The zero-order valence-corrected chi connectivity index (χ0v) is 14.9. The Bertz CT molecular complexity index is 725. The monoisotopic (exact) mass is 349 g/mol. The van der Waals surface area contributed by atoms with Crippen LogP contribution in [-0.4, -0.2) is 65.7 Å². The lowest BCUT2D eigenvalue weighted by atomic mass is 10.2. The van der Waals surface area contributed by atoms with Crippen LogP contribution in [0.3, 0.4) is 0 Å². The molecule has 1 saturated heterocycles. The second kappa shape index (κ2) is 7.31. The fourth-order valence-corrected chi connectivity index (χ4v) is 4.09. The van der Waals surface area contributed by atoms with E-state index in [2.05, 4.69) is 24.1 Å². The van der Waals surface area contributed by atoms with Crippen molar-refractivity contribution >= 4 is 39.7 Å². The molecule has 0 unspecified atom stereocenters. The third kappa shape index (κ3) is 3.16. The van der Waals surface area contributed by atoms with Gasteiger partial charge in [-0.15, -0.1) is 11.3 Å². The average Bonchev–Trinajstić information content (AvgIpc) is 2.95. The van der Waals surface area contributed by atoms with Crippen LogP contribution < -0.4 is 10.2 Å². The van der Waals surface area contributed by atoms with E-state index in [4.69, 9.17) is 15.1 Å². The highest BCUT2D eigenvalue weighted by molar-refractivity contribution is 7.19. The zero-order chi connectivity index (χ0) is 17.1. The topological polar surface area (TPSA) is 81.6 Å². The summed E-state index contributed by atoms with van der Waals surface area (Å²) in [5.41, 5.74) is 1.22. The molecule has 1 aliphatic heterocycles. The van der Waals surface area contributed by atoms with E-state index in [0.29, 0.717) is 25.6 Å². The summed E-state index contributed by atoms with van der Waals surface area (Å²) in [5, 5.41) is 13.4. The summed E-state index contributed by atoms with van der Waals surface area (Å²) in [6.07, 6.45) is 1.87. The van der Waals surface area contributed by atoms with Crippen LogP contribution in [0.2, 0.25) is 0 Å². The number of hydrogen-bond acceptors (Lipinski definition) is 7. The van der Waals surface area contributed by atoms with Gasteiger partial charge in [-0.25, -0.2) is 4.98 Å². The van der Waals surface area contributed by atoms with E-state index in [1.165, 1.54) is 10.4 Å². The van der Waals surface area contributed by atoms with Crippen molar-refractivity contribution in [1.29, 1.82) is 0 Å². The van der Waals surface area contributed by atoms with Crippen molar-refractivity contribution in [1.82, 2.24) is 14.9 Å². The Morgan fingerprint density at radius 1 is 1.29 bits per heavy atom. The molecule has 2 N–H and O–H groups in total. The van der Waals surface area contributed by atoms with Crippen LogP contribution in [0, 0.1) is 6.92 Å². The molecule has 0 atom stereocenters. The predicted molar refractivity (Wildman–Crippen MR) is 97.0 cm³/mol. The summed E-state index contributed by atoms with van der Waals surface area (Å²) in [5.74, 6) is 1.48. The van der Waals surface area contributed by atoms with Gasteiger partial charge in [-0.1, -0.05) is 6.92 Å². The number of piperazine rings is 1. The van der Waals surface area contributed by atoms with Crippen molar-refractivity contribution in [2.45, 2.75) is 20.3 Å². The van der Waals surface area contributed by atoms with Gasteiger partial charge in [0.05, 0.1) is 12.0 Å². The molecular formula is C16H23N5O2S. The number of hydrogen-bond donors (Lipinski definition) is 2. The number of aliphatic hydroxyl groups is 1. The summed E-state index contributed by atoms with van der Waals surface area (Å²) >= 11 is 1.71. The number of nitrogens with zero attached hydrogens (tertiary/aromatic N) is 4. The lowest BCUT2D eigenvalue weighted by Gasteiger charge is -2.32. The highest BCUT2D eigenvalue weighted by Crippen LogP contribution is 2.35. The molecule has 0 bridgehead atoms. The van der Waals surface area contributed by atoms with Crippen molar-refractivity contribution < 1.29 is 9.90 Å². The molecular weight excluding hydrogens is 326 g/mol. The van der Waals surface area contributed by atoms with Gasteiger partial charge in [-0.05, 0) is 18.9 Å².